The van der Waals surface area contributed by atoms with Crippen LogP contribution in [-0.4, -0.2) is 42.2 Å². The molecule has 8 nitrogen and oxygen atoms in total. The molecule has 2 aromatic heterocycles. The molecule has 0 spiro atoms. The van der Waals surface area contributed by atoms with Crippen LogP contribution in [0, 0.1) is 6.92 Å². The Morgan fingerprint density at radius 2 is 2.12 bits per heavy atom. The number of hydrogen-bond acceptors (Lipinski definition) is 5. The van der Waals surface area contributed by atoms with E-state index >= 15 is 0 Å². The maximum absolute atomic E-state index is 11.9. The third-order valence-electron chi connectivity index (χ3n) is 3.98. The predicted octanol–water partition coefficient (Wildman–Crippen LogP) is 1.10. The Morgan fingerprint density at radius 3 is 2.88 bits per heavy atom. The van der Waals surface area contributed by atoms with Crippen molar-refractivity contribution < 1.29 is 4.79 Å². The van der Waals surface area contributed by atoms with Crippen molar-refractivity contribution in [2.45, 2.75) is 39.8 Å². The average Bonchev–Trinajstić information content (AvgIpc) is 3.15. The van der Waals surface area contributed by atoms with E-state index < -0.39 is 0 Å². The van der Waals surface area contributed by atoms with Gasteiger partial charge < -0.3 is 9.88 Å². The van der Waals surface area contributed by atoms with Gasteiger partial charge in [0.05, 0.1) is 17.6 Å². The van der Waals surface area contributed by atoms with Crippen LogP contribution < -0.4 is 5.32 Å². The third kappa shape index (κ3) is 3.42. The minimum Gasteiger partial charge on any atom is -0.356 e. The smallest absolute Gasteiger partial charge is 0.221 e. The topological polar surface area (TPSA) is 90.5 Å². The average molecular weight is 327 g/mol. The highest BCUT2D eigenvalue weighted by molar-refractivity contribution is 5.76. The number of aromatic nitrogens is 6. The number of benzene rings is 1. The first kappa shape index (κ1) is 16.1. The molecule has 0 aliphatic rings. The van der Waals surface area contributed by atoms with E-state index in [4.69, 9.17) is 0 Å². The van der Waals surface area contributed by atoms with Crippen molar-refractivity contribution in [3.05, 3.63) is 35.9 Å². The van der Waals surface area contributed by atoms with Gasteiger partial charge >= 0.3 is 0 Å². The Balaban J connectivity index is 1.53. The standard InChI is InChI=1S/C16H21N7O/c1-3-22-14-7-5-4-6-13(14)18-15(22)8-10-17-16(24)9-11-23-12(2)19-20-21-23/h4-7H,3,8-11H2,1-2H3,(H,17,24). The lowest BCUT2D eigenvalue weighted by atomic mass is 10.3. The SMILES string of the molecule is CCn1c(CCNC(=O)CCn2nnnc2C)nc2ccccc21. The molecule has 2 heterocycles. The number of rotatable bonds is 7. The van der Waals surface area contributed by atoms with E-state index in [9.17, 15) is 4.79 Å². The van der Waals surface area contributed by atoms with Crippen molar-refractivity contribution in [2.75, 3.05) is 6.54 Å². The zero-order valence-electron chi connectivity index (χ0n) is 13.9. The second-order valence-electron chi connectivity index (χ2n) is 5.56. The summed E-state index contributed by atoms with van der Waals surface area (Å²) < 4.78 is 3.81. The number of carbonyl (C=O) groups excluding carboxylic acids is 1. The zero-order chi connectivity index (χ0) is 16.9. The van der Waals surface area contributed by atoms with Crippen LogP contribution in [0.4, 0.5) is 0 Å². The number of aryl methyl sites for hydroxylation is 3. The van der Waals surface area contributed by atoms with Gasteiger partial charge in [0.2, 0.25) is 5.91 Å². The summed E-state index contributed by atoms with van der Waals surface area (Å²) in [4.78, 5) is 16.6. The van der Waals surface area contributed by atoms with E-state index in [1.165, 1.54) is 0 Å². The van der Waals surface area contributed by atoms with Gasteiger partial charge in [-0.05, 0) is 36.4 Å². The maximum atomic E-state index is 11.9. The fraction of sp³-hybridized carbons (Fsp3) is 0.438. The Morgan fingerprint density at radius 1 is 1.29 bits per heavy atom. The maximum Gasteiger partial charge on any atom is 0.221 e. The summed E-state index contributed by atoms with van der Waals surface area (Å²) in [5.41, 5.74) is 2.13. The number of imidazole rings is 1. The molecular formula is C16H21N7O. The molecule has 0 radical (unpaired) electrons. The van der Waals surface area contributed by atoms with Crippen molar-refractivity contribution in [3.8, 4) is 0 Å². The van der Waals surface area contributed by atoms with Gasteiger partial charge in [0.25, 0.3) is 0 Å². The number of tetrazole rings is 1. The highest BCUT2D eigenvalue weighted by Crippen LogP contribution is 2.15. The van der Waals surface area contributed by atoms with Crippen LogP contribution in [-0.2, 0) is 24.3 Å². The summed E-state index contributed by atoms with van der Waals surface area (Å²) in [7, 11) is 0. The lowest BCUT2D eigenvalue weighted by Crippen LogP contribution is -2.27. The second-order valence-corrected chi connectivity index (χ2v) is 5.56. The molecule has 0 saturated heterocycles. The Labute approximate surface area is 139 Å². The number of carbonyl (C=O) groups is 1. The summed E-state index contributed by atoms with van der Waals surface area (Å²) >= 11 is 0. The van der Waals surface area contributed by atoms with Crippen LogP contribution in [0.1, 0.15) is 25.0 Å². The van der Waals surface area contributed by atoms with Crippen LogP contribution in [0.2, 0.25) is 0 Å². The van der Waals surface area contributed by atoms with E-state index in [0.29, 0.717) is 31.8 Å². The molecule has 8 heteroatoms. The van der Waals surface area contributed by atoms with E-state index in [-0.39, 0.29) is 5.91 Å². The Hall–Kier alpha value is -2.77. The first-order chi connectivity index (χ1) is 11.7. The zero-order valence-corrected chi connectivity index (χ0v) is 13.9. The molecule has 3 aromatic rings. The second kappa shape index (κ2) is 7.20. The number of para-hydroxylation sites is 2. The van der Waals surface area contributed by atoms with Gasteiger partial charge in [0.1, 0.15) is 11.6 Å². The fourth-order valence-electron chi connectivity index (χ4n) is 2.73. The molecule has 24 heavy (non-hydrogen) atoms. The molecule has 1 amide bonds. The first-order valence-electron chi connectivity index (χ1n) is 8.12. The molecule has 0 atom stereocenters. The molecule has 3 rings (SSSR count). The van der Waals surface area contributed by atoms with E-state index in [0.717, 1.165) is 23.4 Å². The normalized spacial score (nSPS) is 11.1. The van der Waals surface area contributed by atoms with Crippen LogP contribution in [0.15, 0.2) is 24.3 Å². The Kier molecular flexibility index (Phi) is 4.83. The summed E-state index contributed by atoms with van der Waals surface area (Å²) in [6.07, 6.45) is 1.06. The quantitative estimate of drug-likeness (QED) is 0.702. The van der Waals surface area contributed by atoms with Crippen molar-refractivity contribution in [2.24, 2.45) is 0 Å². The van der Waals surface area contributed by atoms with Gasteiger partial charge in [0, 0.05) is 25.9 Å². The summed E-state index contributed by atoms with van der Waals surface area (Å²) in [6.45, 7) is 5.83. The van der Waals surface area contributed by atoms with Crippen LogP contribution >= 0.6 is 0 Å². The van der Waals surface area contributed by atoms with Gasteiger partial charge in [-0.25, -0.2) is 9.67 Å². The van der Waals surface area contributed by atoms with Crippen molar-refractivity contribution in [1.29, 1.82) is 0 Å². The molecule has 0 saturated carbocycles. The number of nitrogens with zero attached hydrogens (tertiary/aromatic N) is 6. The number of fused-ring (bicyclic) bond motifs is 1. The molecule has 0 bridgehead atoms. The summed E-state index contributed by atoms with van der Waals surface area (Å²) in [5.74, 6) is 1.69. The predicted molar refractivity (Wildman–Crippen MR) is 89.3 cm³/mol. The third-order valence-corrected chi connectivity index (χ3v) is 3.98. The number of amides is 1. The van der Waals surface area contributed by atoms with Crippen molar-refractivity contribution in [3.63, 3.8) is 0 Å². The van der Waals surface area contributed by atoms with E-state index in [1.54, 1.807) is 4.68 Å². The molecule has 1 N–H and O–H groups in total. The fourth-order valence-corrected chi connectivity index (χ4v) is 2.73. The minimum absolute atomic E-state index is 0.0101. The minimum atomic E-state index is -0.0101. The molecule has 0 aliphatic carbocycles. The lowest BCUT2D eigenvalue weighted by Gasteiger charge is -2.07. The van der Waals surface area contributed by atoms with Gasteiger partial charge in [-0.15, -0.1) is 5.10 Å². The molecule has 0 aliphatic heterocycles. The Bertz CT molecular complexity index is 836. The largest absolute Gasteiger partial charge is 0.356 e. The number of hydrogen-bond donors (Lipinski definition) is 1. The summed E-state index contributed by atoms with van der Waals surface area (Å²) in [5, 5.41) is 14.1. The monoisotopic (exact) mass is 327 g/mol. The molecule has 126 valence electrons. The molecule has 0 fully saturated rings. The van der Waals surface area contributed by atoms with Gasteiger partial charge in [-0.3, -0.25) is 4.79 Å². The highest BCUT2D eigenvalue weighted by atomic mass is 16.1. The van der Waals surface area contributed by atoms with Crippen LogP contribution in [0.5, 0.6) is 0 Å². The molecular weight excluding hydrogens is 306 g/mol. The number of nitrogens with one attached hydrogen (secondary N) is 1. The highest BCUT2D eigenvalue weighted by Gasteiger charge is 2.10. The lowest BCUT2D eigenvalue weighted by molar-refractivity contribution is -0.121. The summed E-state index contributed by atoms with van der Waals surface area (Å²) in [6, 6.07) is 8.09. The van der Waals surface area contributed by atoms with Gasteiger partial charge in [0.15, 0.2) is 0 Å². The van der Waals surface area contributed by atoms with Crippen LogP contribution in [0.25, 0.3) is 11.0 Å². The van der Waals surface area contributed by atoms with Crippen LogP contribution in [0.3, 0.4) is 0 Å². The van der Waals surface area contributed by atoms with Crippen molar-refractivity contribution >= 4 is 16.9 Å². The van der Waals surface area contributed by atoms with Gasteiger partial charge in [-0.1, -0.05) is 12.1 Å². The van der Waals surface area contributed by atoms with E-state index in [1.807, 2.05) is 25.1 Å². The molecule has 0 unspecified atom stereocenters. The van der Waals surface area contributed by atoms with E-state index in [2.05, 4.69) is 43.4 Å². The van der Waals surface area contributed by atoms with Gasteiger partial charge in [-0.2, -0.15) is 0 Å². The van der Waals surface area contributed by atoms with Crippen molar-refractivity contribution in [1.82, 2.24) is 35.1 Å². The first-order valence-corrected chi connectivity index (χ1v) is 8.12. The molecule has 1 aromatic carbocycles.